The number of ketones is 1. The van der Waals surface area contributed by atoms with E-state index in [1.165, 1.54) is 0 Å². The third-order valence-corrected chi connectivity index (χ3v) is 4.45. The first-order chi connectivity index (χ1) is 12.1. The van der Waals surface area contributed by atoms with Crippen molar-refractivity contribution in [1.29, 1.82) is 10.5 Å². The molecular weight excluding hydrogens is 318 g/mol. The van der Waals surface area contributed by atoms with E-state index in [9.17, 15) is 15.3 Å². The van der Waals surface area contributed by atoms with E-state index in [-0.39, 0.29) is 23.6 Å². The topological polar surface area (TPSA) is 116 Å². The molecule has 0 saturated carbocycles. The fourth-order valence-corrected chi connectivity index (χ4v) is 3.03. The predicted molar refractivity (Wildman–Crippen MR) is 90.1 cm³/mol. The number of nitriles is 2. The molecule has 0 bridgehead atoms. The summed E-state index contributed by atoms with van der Waals surface area (Å²) in [5.41, 5.74) is 5.13. The molecule has 2 aliphatic rings. The highest BCUT2D eigenvalue weighted by Gasteiger charge is 2.48. The second-order valence-corrected chi connectivity index (χ2v) is 5.89. The largest absolute Gasteiger partial charge is 0.385 e. The van der Waals surface area contributed by atoms with Gasteiger partial charge in [-0.05, 0) is 0 Å². The minimum Gasteiger partial charge on any atom is -0.385 e. The summed E-state index contributed by atoms with van der Waals surface area (Å²) in [6.45, 7) is 2.15. The van der Waals surface area contributed by atoms with Crippen LogP contribution in [0.3, 0.4) is 0 Å². The number of benzene rings is 1. The van der Waals surface area contributed by atoms with E-state index in [2.05, 4.69) is 17.1 Å². The van der Waals surface area contributed by atoms with Crippen LogP contribution in [0.4, 0.5) is 0 Å². The summed E-state index contributed by atoms with van der Waals surface area (Å²) in [6, 6.07) is 12.8. The van der Waals surface area contributed by atoms with Crippen molar-refractivity contribution in [3.8, 4) is 12.1 Å². The van der Waals surface area contributed by atoms with Gasteiger partial charge in [-0.2, -0.15) is 10.5 Å². The van der Waals surface area contributed by atoms with Crippen molar-refractivity contribution < 1.29 is 9.53 Å². The Hall–Kier alpha value is -3.16. The monoisotopic (exact) mass is 335 g/mol. The average molecular weight is 335 g/mol. The number of hydrogen-bond acceptors (Lipinski definition) is 7. The summed E-state index contributed by atoms with van der Waals surface area (Å²) >= 11 is 0. The van der Waals surface area contributed by atoms with E-state index in [1.807, 2.05) is 4.90 Å². The zero-order valence-electron chi connectivity index (χ0n) is 13.6. The number of carbonyl (C=O) groups excluding carboxylic acids is 1. The summed E-state index contributed by atoms with van der Waals surface area (Å²) < 4.78 is 5.31. The normalized spacial score (nSPS) is 23.0. The third kappa shape index (κ3) is 2.86. The molecule has 1 aromatic carbocycles. The maximum absolute atomic E-state index is 12.6. The molecule has 1 aromatic rings. The summed E-state index contributed by atoms with van der Waals surface area (Å²) in [7, 11) is 0. The van der Waals surface area contributed by atoms with Gasteiger partial charge in [0, 0.05) is 25.1 Å². The number of morpholine rings is 1. The van der Waals surface area contributed by atoms with E-state index in [1.54, 1.807) is 30.3 Å². The molecule has 2 N–H and O–H groups in total. The fourth-order valence-electron chi connectivity index (χ4n) is 3.03. The zero-order valence-corrected chi connectivity index (χ0v) is 13.6. The van der Waals surface area contributed by atoms with Gasteiger partial charge in [-0.3, -0.25) is 4.79 Å². The van der Waals surface area contributed by atoms with Crippen molar-refractivity contribution >= 4 is 11.6 Å². The van der Waals surface area contributed by atoms with Crippen LogP contribution in [0.1, 0.15) is 16.8 Å². The van der Waals surface area contributed by atoms with Gasteiger partial charge < -0.3 is 15.4 Å². The molecule has 3 rings (SSSR count). The molecule has 25 heavy (non-hydrogen) atoms. The van der Waals surface area contributed by atoms with Crippen LogP contribution in [0.2, 0.25) is 0 Å². The van der Waals surface area contributed by atoms with Crippen LogP contribution in [0.25, 0.3) is 0 Å². The quantitative estimate of drug-likeness (QED) is 0.827. The number of nitrogens with zero attached hydrogens (tertiary/aromatic N) is 4. The summed E-state index contributed by atoms with van der Waals surface area (Å²) in [5.74, 6) is 0.124. The Labute approximate surface area is 145 Å². The molecule has 0 unspecified atom stereocenters. The van der Waals surface area contributed by atoms with Crippen LogP contribution >= 0.6 is 0 Å². The first-order valence-corrected chi connectivity index (χ1v) is 7.94. The van der Waals surface area contributed by atoms with E-state index >= 15 is 0 Å². The van der Waals surface area contributed by atoms with Crippen LogP contribution in [0, 0.1) is 28.1 Å². The van der Waals surface area contributed by atoms with E-state index < -0.39 is 5.41 Å². The first-order valence-electron chi connectivity index (χ1n) is 7.94. The molecule has 2 heterocycles. The number of Topliss-reactive ketones (excluding diaryl/α,β-unsaturated/α-hetero) is 1. The Morgan fingerprint density at radius 3 is 2.56 bits per heavy atom. The van der Waals surface area contributed by atoms with Crippen LogP contribution in [-0.2, 0) is 4.74 Å². The zero-order chi connectivity index (χ0) is 17.9. The molecule has 0 spiro atoms. The molecule has 1 fully saturated rings. The molecule has 1 atom stereocenters. The van der Waals surface area contributed by atoms with Crippen molar-refractivity contribution in [2.24, 2.45) is 16.1 Å². The molecule has 0 aromatic heterocycles. The molecule has 126 valence electrons. The second kappa shape index (κ2) is 6.76. The Morgan fingerprint density at radius 2 is 1.96 bits per heavy atom. The Bertz CT molecular complexity index is 825. The SMILES string of the molecule is N#CC1=C(N2CCOCC2)N=C(N)[C@@]1(C#N)CC(=O)c1ccccc1. The van der Waals surface area contributed by atoms with E-state index in [4.69, 9.17) is 10.5 Å². The highest BCUT2D eigenvalue weighted by atomic mass is 16.5. The van der Waals surface area contributed by atoms with Crippen molar-refractivity contribution in [2.75, 3.05) is 26.3 Å². The van der Waals surface area contributed by atoms with Gasteiger partial charge in [0.25, 0.3) is 0 Å². The molecule has 0 amide bonds. The van der Waals surface area contributed by atoms with E-state index in [0.29, 0.717) is 37.7 Å². The lowest BCUT2D eigenvalue weighted by Gasteiger charge is -2.28. The Kier molecular flexibility index (Phi) is 4.51. The lowest BCUT2D eigenvalue weighted by molar-refractivity contribution is 0.0528. The summed E-state index contributed by atoms with van der Waals surface area (Å²) in [5, 5.41) is 19.5. The van der Waals surface area contributed by atoms with Crippen LogP contribution in [0.15, 0.2) is 46.7 Å². The first kappa shape index (κ1) is 16.7. The maximum Gasteiger partial charge on any atom is 0.165 e. The predicted octanol–water partition coefficient (Wildman–Crippen LogP) is 1.21. The van der Waals surface area contributed by atoms with Crippen molar-refractivity contribution in [3.05, 3.63) is 47.3 Å². The second-order valence-electron chi connectivity index (χ2n) is 5.89. The molecule has 1 saturated heterocycles. The van der Waals surface area contributed by atoms with Crippen molar-refractivity contribution in [2.45, 2.75) is 6.42 Å². The number of ether oxygens (including phenoxy) is 1. The summed E-state index contributed by atoms with van der Waals surface area (Å²) in [4.78, 5) is 18.8. The lowest BCUT2D eigenvalue weighted by Crippen LogP contribution is -2.38. The van der Waals surface area contributed by atoms with Gasteiger partial charge in [-0.1, -0.05) is 30.3 Å². The van der Waals surface area contributed by atoms with Crippen LogP contribution < -0.4 is 5.73 Å². The molecule has 0 radical (unpaired) electrons. The Balaban J connectivity index is 1.98. The number of rotatable bonds is 4. The number of hydrogen-bond donors (Lipinski definition) is 1. The van der Waals surface area contributed by atoms with Crippen LogP contribution in [0.5, 0.6) is 0 Å². The van der Waals surface area contributed by atoms with Gasteiger partial charge in [0.1, 0.15) is 23.3 Å². The molecule has 0 aliphatic carbocycles. The standard InChI is InChI=1S/C18H17N5O2/c19-11-14-16(23-6-8-25-9-7-23)22-17(21)18(14,12-20)10-15(24)13-4-2-1-3-5-13/h1-5H,6-10H2,(H2,21,22)/t18-/m1/s1. The number of aliphatic imine (C=N–C) groups is 1. The van der Waals surface area contributed by atoms with Gasteiger partial charge in [0.15, 0.2) is 11.2 Å². The molecule has 7 heteroatoms. The third-order valence-electron chi connectivity index (χ3n) is 4.45. The van der Waals surface area contributed by atoms with Gasteiger partial charge in [0.2, 0.25) is 0 Å². The highest BCUT2D eigenvalue weighted by Crippen LogP contribution is 2.40. The molecule has 2 aliphatic heterocycles. The lowest BCUT2D eigenvalue weighted by atomic mass is 9.76. The van der Waals surface area contributed by atoms with Crippen molar-refractivity contribution in [1.82, 2.24) is 4.90 Å². The maximum atomic E-state index is 12.6. The average Bonchev–Trinajstić information content (AvgIpc) is 2.95. The van der Waals surface area contributed by atoms with Gasteiger partial charge in [0.05, 0.1) is 19.3 Å². The Morgan fingerprint density at radius 1 is 1.28 bits per heavy atom. The minimum absolute atomic E-state index is 0.00248. The van der Waals surface area contributed by atoms with Crippen molar-refractivity contribution in [3.63, 3.8) is 0 Å². The number of carbonyl (C=O) groups is 1. The van der Waals surface area contributed by atoms with Crippen LogP contribution in [-0.4, -0.2) is 42.8 Å². The molecule has 7 nitrogen and oxygen atoms in total. The van der Waals surface area contributed by atoms with Gasteiger partial charge >= 0.3 is 0 Å². The highest BCUT2D eigenvalue weighted by molar-refractivity contribution is 6.05. The smallest absolute Gasteiger partial charge is 0.165 e. The minimum atomic E-state index is -1.52. The molecular formula is C18H17N5O2. The van der Waals surface area contributed by atoms with Gasteiger partial charge in [-0.25, -0.2) is 4.99 Å². The number of amidine groups is 1. The van der Waals surface area contributed by atoms with Gasteiger partial charge in [-0.15, -0.1) is 0 Å². The fraction of sp³-hybridized carbons (Fsp3) is 0.333. The number of nitrogens with two attached hydrogens (primary N) is 1. The van der Waals surface area contributed by atoms with E-state index in [0.717, 1.165) is 0 Å². The summed E-state index contributed by atoms with van der Waals surface area (Å²) in [6.07, 6.45) is -0.209.